The van der Waals surface area contributed by atoms with Gasteiger partial charge < -0.3 is 19.8 Å². The molecule has 1 atom stereocenters. The summed E-state index contributed by atoms with van der Waals surface area (Å²) < 4.78 is 10.9. The second-order valence-electron chi connectivity index (χ2n) is 6.65. The number of anilines is 1. The van der Waals surface area contributed by atoms with Gasteiger partial charge in [0.2, 0.25) is 0 Å². The van der Waals surface area contributed by atoms with Gasteiger partial charge in [0.15, 0.2) is 17.3 Å². The van der Waals surface area contributed by atoms with Gasteiger partial charge in [0.1, 0.15) is 18.8 Å². The zero-order chi connectivity index (χ0) is 18.3. The number of pyridine rings is 1. The lowest BCUT2D eigenvalue weighted by molar-refractivity contribution is 0.0952. The van der Waals surface area contributed by atoms with Crippen molar-refractivity contribution in [3.63, 3.8) is 0 Å². The first kappa shape index (κ1) is 16.4. The molecule has 2 aliphatic rings. The van der Waals surface area contributed by atoms with Crippen LogP contribution < -0.4 is 20.3 Å². The molecule has 7 heteroatoms. The minimum Gasteiger partial charge on any atom is -0.486 e. The molecule has 2 heterocycles. The van der Waals surface area contributed by atoms with Gasteiger partial charge in [-0.1, -0.05) is 6.92 Å². The van der Waals surface area contributed by atoms with Crippen molar-refractivity contribution in [2.75, 3.05) is 18.5 Å². The lowest BCUT2D eigenvalue weighted by atomic mass is 9.86. The Bertz CT molecular complexity index is 963. The second-order valence-corrected chi connectivity index (χ2v) is 6.65. The quantitative estimate of drug-likeness (QED) is 0.861. The molecule has 0 saturated carbocycles. The Morgan fingerprint density at radius 3 is 2.69 bits per heavy atom. The number of rotatable bonds is 2. The van der Waals surface area contributed by atoms with Crippen LogP contribution in [0.4, 0.5) is 5.69 Å². The summed E-state index contributed by atoms with van der Waals surface area (Å²) in [7, 11) is 0. The Morgan fingerprint density at radius 1 is 1.12 bits per heavy atom. The van der Waals surface area contributed by atoms with Crippen LogP contribution in [0.15, 0.2) is 29.1 Å². The number of ether oxygens (including phenoxy) is 2. The third-order valence-corrected chi connectivity index (χ3v) is 4.55. The van der Waals surface area contributed by atoms with E-state index in [1.165, 1.54) is 6.07 Å². The molecule has 0 radical (unpaired) electrons. The number of ketones is 1. The molecule has 0 spiro atoms. The summed E-state index contributed by atoms with van der Waals surface area (Å²) in [6, 6.07) is 6.42. The number of fused-ring (bicyclic) bond motifs is 2. The van der Waals surface area contributed by atoms with E-state index in [0.29, 0.717) is 54.5 Å². The number of hydrogen-bond acceptors (Lipinski definition) is 5. The van der Waals surface area contributed by atoms with Gasteiger partial charge in [-0.15, -0.1) is 0 Å². The van der Waals surface area contributed by atoms with Crippen molar-refractivity contribution in [2.24, 2.45) is 5.92 Å². The molecule has 134 valence electrons. The molecule has 7 nitrogen and oxygen atoms in total. The van der Waals surface area contributed by atoms with Crippen molar-refractivity contribution in [3.8, 4) is 11.5 Å². The molecule has 26 heavy (non-hydrogen) atoms. The highest BCUT2D eigenvalue weighted by molar-refractivity contribution is 6.06. The Balaban J connectivity index is 1.62. The largest absolute Gasteiger partial charge is 0.486 e. The smallest absolute Gasteiger partial charge is 0.261 e. The van der Waals surface area contributed by atoms with E-state index in [-0.39, 0.29) is 17.3 Å². The van der Waals surface area contributed by atoms with Crippen LogP contribution in [-0.4, -0.2) is 29.9 Å². The Hall–Kier alpha value is -3.09. The van der Waals surface area contributed by atoms with E-state index in [0.717, 1.165) is 0 Å². The average Bonchev–Trinajstić information content (AvgIpc) is 2.60. The normalized spacial score (nSPS) is 18.2. The van der Waals surface area contributed by atoms with Gasteiger partial charge >= 0.3 is 0 Å². The standard InChI is InChI=1S/C19H18N2O5/c1-10-6-14-12(15(22)7-10)9-13(19(24)21-14)18(23)20-11-2-3-16-17(8-11)26-5-4-25-16/h2-3,8-10H,4-7H2,1H3,(H,20,23)(H,21,24). The zero-order valence-electron chi connectivity index (χ0n) is 14.3. The summed E-state index contributed by atoms with van der Waals surface area (Å²) >= 11 is 0. The number of aromatic nitrogens is 1. The maximum Gasteiger partial charge on any atom is 0.261 e. The third kappa shape index (κ3) is 2.96. The van der Waals surface area contributed by atoms with Gasteiger partial charge in [-0.3, -0.25) is 14.4 Å². The zero-order valence-corrected chi connectivity index (χ0v) is 14.3. The summed E-state index contributed by atoms with van der Waals surface area (Å²) in [4.78, 5) is 39.8. The lowest BCUT2D eigenvalue weighted by Gasteiger charge is -2.20. The molecule has 0 bridgehead atoms. The number of carbonyl (C=O) groups is 2. The highest BCUT2D eigenvalue weighted by Gasteiger charge is 2.26. The van der Waals surface area contributed by atoms with Crippen LogP contribution in [0.25, 0.3) is 0 Å². The molecule has 1 amide bonds. The molecule has 1 aliphatic carbocycles. The first-order valence-electron chi connectivity index (χ1n) is 8.51. The van der Waals surface area contributed by atoms with Crippen LogP contribution in [0.5, 0.6) is 11.5 Å². The highest BCUT2D eigenvalue weighted by atomic mass is 16.6. The van der Waals surface area contributed by atoms with Gasteiger partial charge in [0.05, 0.1) is 0 Å². The fraction of sp³-hybridized carbons (Fsp3) is 0.316. The van der Waals surface area contributed by atoms with E-state index in [1.807, 2.05) is 6.92 Å². The first-order chi connectivity index (χ1) is 12.5. The number of hydrogen-bond donors (Lipinski definition) is 2. The molecule has 2 aromatic rings. The molecule has 1 aliphatic heterocycles. The van der Waals surface area contributed by atoms with Gasteiger partial charge in [0.25, 0.3) is 11.5 Å². The summed E-state index contributed by atoms with van der Waals surface area (Å²) in [6.45, 7) is 2.88. The number of amides is 1. The summed E-state index contributed by atoms with van der Waals surface area (Å²) in [5.74, 6) is 0.710. The summed E-state index contributed by atoms with van der Waals surface area (Å²) in [5, 5.41) is 2.67. The van der Waals surface area contributed by atoms with Crippen LogP contribution in [0.2, 0.25) is 0 Å². The van der Waals surface area contributed by atoms with Crippen molar-refractivity contribution < 1.29 is 19.1 Å². The lowest BCUT2D eigenvalue weighted by Crippen LogP contribution is -2.29. The Kier molecular flexibility index (Phi) is 3.99. The van der Waals surface area contributed by atoms with Crippen molar-refractivity contribution in [2.45, 2.75) is 19.8 Å². The van der Waals surface area contributed by atoms with E-state index < -0.39 is 11.5 Å². The van der Waals surface area contributed by atoms with Gasteiger partial charge in [0, 0.05) is 29.4 Å². The van der Waals surface area contributed by atoms with E-state index in [1.54, 1.807) is 18.2 Å². The van der Waals surface area contributed by atoms with Crippen LogP contribution in [-0.2, 0) is 6.42 Å². The predicted molar refractivity (Wildman–Crippen MR) is 94.3 cm³/mol. The SMILES string of the molecule is CC1CC(=O)c2cc(C(=O)Nc3ccc4c(c3)OCCO4)c(=O)[nH]c2C1. The maximum absolute atomic E-state index is 12.5. The molecule has 1 aromatic carbocycles. The van der Waals surface area contributed by atoms with Gasteiger partial charge in [-0.25, -0.2) is 0 Å². The van der Waals surface area contributed by atoms with Crippen LogP contribution in [0, 0.1) is 5.92 Å². The molecule has 0 fully saturated rings. The summed E-state index contributed by atoms with van der Waals surface area (Å²) in [6.07, 6.45) is 1.04. The molecule has 2 N–H and O–H groups in total. The molecule has 0 saturated heterocycles. The molecule has 1 aromatic heterocycles. The van der Waals surface area contributed by atoms with E-state index in [4.69, 9.17) is 9.47 Å². The number of Topliss-reactive ketones (excluding diaryl/α,β-unsaturated/α-hetero) is 1. The number of carbonyl (C=O) groups excluding carboxylic acids is 2. The van der Waals surface area contributed by atoms with E-state index >= 15 is 0 Å². The molecular formula is C19H18N2O5. The number of benzene rings is 1. The second kappa shape index (κ2) is 6.33. The van der Waals surface area contributed by atoms with Crippen LogP contribution in [0.3, 0.4) is 0 Å². The monoisotopic (exact) mass is 354 g/mol. The van der Waals surface area contributed by atoms with Crippen molar-refractivity contribution in [1.82, 2.24) is 4.98 Å². The van der Waals surface area contributed by atoms with E-state index in [9.17, 15) is 14.4 Å². The van der Waals surface area contributed by atoms with Crippen LogP contribution >= 0.6 is 0 Å². The first-order valence-corrected chi connectivity index (χ1v) is 8.51. The van der Waals surface area contributed by atoms with E-state index in [2.05, 4.69) is 10.3 Å². The minimum absolute atomic E-state index is 0.0524. The van der Waals surface area contributed by atoms with Crippen LogP contribution in [0.1, 0.15) is 39.8 Å². The average molecular weight is 354 g/mol. The van der Waals surface area contributed by atoms with Gasteiger partial charge in [-0.05, 0) is 30.5 Å². The van der Waals surface area contributed by atoms with Crippen molar-refractivity contribution in [1.29, 1.82) is 0 Å². The summed E-state index contributed by atoms with van der Waals surface area (Å²) in [5.41, 5.74) is 0.934. The van der Waals surface area contributed by atoms with Gasteiger partial charge in [-0.2, -0.15) is 0 Å². The maximum atomic E-state index is 12.5. The third-order valence-electron chi connectivity index (χ3n) is 4.55. The molecular weight excluding hydrogens is 336 g/mol. The number of nitrogens with one attached hydrogen (secondary N) is 2. The molecule has 4 rings (SSSR count). The number of aromatic amines is 1. The minimum atomic E-state index is -0.572. The van der Waals surface area contributed by atoms with Crippen molar-refractivity contribution in [3.05, 3.63) is 51.4 Å². The van der Waals surface area contributed by atoms with Crippen molar-refractivity contribution >= 4 is 17.4 Å². The Labute approximate surface area is 149 Å². The molecule has 1 unspecified atom stereocenters. The fourth-order valence-electron chi connectivity index (χ4n) is 3.31. The Morgan fingerprint density at radius 2 is 1.88 bits per heavy atom. The number of H-pyrrole nitrogens is 1. The fourth-order valence-corrected chi connectivity index (χ4v) is 3.31. The predicted octanol–water partition coefficient (Wildman–Crippen LogP) is 2.16. The highest BCUT2D eigenvalue weighted by Crippen LogP contribution is 2.32. The topological polar surface area (TPSA) is 97.5 Å².